The summed E-state index contributed by atoms with van der Waals surface area (Å²) < 4.78 is 0. The number of rotatable bonds is 4. The fourth-order valence-corrected chi connectivity index (χ4v) is 4.00. The average molecular weight is 332 g/mol. The van der Waals surface area contributed by atoms with Crippen LogP contribution in [-0.4, -0.2) is 27.9 Å². The highest BCUT2D eigenvalue weighted by atomic mass is 16.3. The van der Waals surface area contributed by atoms with E-state index in [0.29, 0.717) is 17.6 Å². The zero-order valence-corrected chi connectivity index (χ0v) is 15.2. The molecule has 2 aliphatic carbocycles. The Kier molecular flexibility index (Phi) is 5.49. The quantitative estimate of drug-likeness (QED) is 0.468. The van der Waals surface area contributed by atoms with E-state index in [2.05, 4.69) is 0 Å². The van der Waals surface area contributed by atoms with Gasteiger partial charge in [-0.15, -0.1) is 0 Å². The standard InChI is InChI=1S/C20H28O4/c1-10(2)8-14(21)9-12(4)15-7-6-11(3)16-17(15)18(22)13(5)19(23)20(16)24/h8,11-12,14-15,21-22H,6-7,9H2,1-5H3/t11-,12-,14-,15+/m0/s1. The minimum atomic E-state index is -0.587. The van der Waals surface area contributed by atoms with Crippen molar-refractivity contribution in [3.05, 3.63) is 34.1 Å². The number of aliphatic hydroxyl groups is 2. The molecule has 2 N–H and O–H groups in total. The lowest BCUT2D eigenvalue weighted by molar-refractivity contribution is -0.133. The molecule has 0 saturated heterocycles. The first kappa shape index (κ1) is 18.7. The van der Waals surface area contributed by atoms with E-state index in [1.165, 1.54) is 6.92 Å². The molecule has 132 valence electrons. The van der Waals surface area contributed by atoms with E-state index in [-0.39, 0.29) is 29.1 Å². The van der Waals surface area contributed by atoms with Crippen molar-refractivity contribution in [2.24, 2.45) is 17.8 Å². The number of aliphatic hydroxyl groups excluding tert-OH is 2. The zero-order valence-electron chi connectivity index (χ0n) is 15.2. The first-order chi connectivity index (χ1) is 11.1. The molecule has 24 heavy (non-hydrogen) atoms. The van der Waals surface area contributed by atoms with Crippen LogP contribution in [0.3, 0.4) is 0 Å². The molecule has 0 saturated carbocycles. The summed E-state index contributed by atoms with van der Waals surface area (Å²) in [4.78, 5) is 24.5. The van der Waals surface area contributed by atoms with Crippen LogP contribution < -0.4 is 0 Å². The smallest absolute Gasteiger partial charge is 0.232 e. The van der Waals surface area contributed by atoms with Gasteiger partial charge in [0.2, 0.25) is 11.6 Å². The van der Waals surface area contributed by atoms with Crippen LogP contribution in [0.1, 0.15) is 53.9 Å². The molecule has 0 bridgehead atoms. The summed E-state index contributed by atoms with van der Waals surface area (Å²) in [6, 6.07) is 0. The van der Waals surface area contributed by atoms with E-state index in [9.17, 15) is 19.8 Å². The Morgan fingerprint density at radius 3 is 2.42 bits per heavy atom. The number of carbonyl (C=O) groups excluding carboxylic acids is 2. The molecule has 4 heteroatoms. The maximum absolute atomic E-state index is 12.5. The third kappa shape index (κ3) is 3.39. The Balaban J connectivity index is 2.38. The predicted octanol–water partition coefficient (Wildman–Crippen LogP) is 3.67. The molecule has 2 aliphatic rings. The van der Waals surface area contributed by atoms with Gasteiger partial charge in [-0.3, -0.25) is 9.59 Å². The maximum Gasteiger partial charge on any atom is 0.232 e. The highest BCUT2D eigenvalue weighted by molar-refractivity contribution is 6.50. The van der Waals surface area contributed by atoms with Crippen molar-refractivity contribution >= 4 is 11.6 Å². The molecule has 4 atom stereocenters. The van der Waals surface area contributed by atoms with Crippen molar-refractivity contribution in [2.45, 2.75) is 60.0 Å². The fraction of sp³-hybridized carbons (Fsp3) is 0.600. The molecule has 0 aromatic carbocycles. The van der Waals surface area contributed by atoms with Crippen LogP contribution in [0.2, 0.25) is 0 Å². The predicted molar refractivity (Wildman–Crippen MR) is 93.5 cm³/mol. The highest BCUT2D eigenvalue weighted by Crippen LogP contribution is 2.45. The van der Waals surface area contributed by atoms with Gasteiger partial charge in [0, 0.05) is 16.7 Å². The van der Waals surface area contributed by atoms with Crippen LogP contribution in [0, 0.1) is 17.8 Å². The molecule has 0 aromatic rings. The molecule has 0 aromatic heterocycles. The van der Waals surface area contributed by atoms with Gasteiger partial charge in [0.15, 0.2) is 0 Å². The van der Waals surface area contributed by atoms with Gasteiger partial charge in [-0.05, 0) is 57.8 Å². The Labute approximate surface area is 144 Å². The topological polar surface area (TPSA) is 74.6 Å². The molecule has 0 unspecified atom stereocenters. The number of ketones is 2. The van der Waals surface area contributed by atoms with Crippen LogP contribution in [0.5, 0.6) is 0 Å². The van der Waals surface area contributed by atoms with Crippen molar-refractivity contribution in [2.75, 3.05) is 0 Å². The molecular formula is C20H28O4. The number of hydrogen-bond acceptors (Lipinski definition) is 4. The normalized spacial score (nSPS) is 27.1. The number of hydrogen-bond donors (Lipinski definition) is 2. The summed E-state index contributed by atoms with van der Waals surface area (Å²) in [5.74, 6) is -0.995. The Morgan fingerprint density at radius 2 is 1.83 bits per heavy atom. The van der Waals surface area contributed by atoms with Gasteiger partial charge < -0.3 is 10.2 Å². The lowest BCUT2D eigenvalue weighted by Crippen LogP contribution is -2.35. The van der Waals surface area contributed by atoms with Crippen molar-refractivity contribution in [1.82, 2.24) is 0 Å². The highest BCUT2D eigenvalue weighted by Gasteiger charge is 2.42. The minimum Gasteiger partial charge on any atom is -0.507 e. The summed E-state index contributed by atoms with van der Waals surface area (Å²) in [5, 5.41) is 20.7. The van der Waals surface area contributed by atoms with E-state index in [4.69, 9.17) is 0 Å². The summed E-state index contributed by atoms with van der Waals surface area (Å²) in [7, 11) is 0. The second-order valence-corrected chi connectivity index (χ2v) is 7.57. The number of allylic oxidation sites excluding steroid dienone is 4. The molecule has 2 rings (SSSR count). The molecule has 0 amide bonds. The van der Waals surface area contributed by atoms with Crippen LogP contribution in [0.4, 0.5) is 0 Å². The van der Waals surface area contributed by atoms with Gasteiger partial charge in [0.05, 0.1) is 6.10 Å². The summed E-state index contributed by atoms with van der Waals surface area (Å²) in [6.07, 6.45) is 3.52. The van der Waals surface area contributed by atoms with E-state index < -0.39 is 17.7 Å². The maximum atomic E-state index is 12.5. The molecular weight excluding hydrogens is 304 g/mol. The van der Waals surface area contributed by atoms with E-state index >= 15 is 0 Å². The second-order valence-electron chi connectivity index (χ2n) is 7.57. The van der Waals surface area contributed by atoms with E-state index in [1.807, 2.05) is 33.8 Å². The van der Waals surface area contributed by atoms with E-state index in [0.717, 1.165) is 18.4 Å². The van der Waals surface area contributed by atoms with E-state index in [1.54, 1.807) is 0 Å². The lowest BCUT2D eigenvalue weighted by Gasteiger charge is -2.37. The zero-order chi connectivity index (χ0) is 18.2. The monoisotopic (exact) mass is 332 g/mol. The summed E-state index contributed by atoms with van der Waals surface area (Å²) >= 11 is 0. The molecule has 0 fully saturated rings. The van der Waals surface area contributed by atoms with Gasteiger partial charge in [-0.1, -0.05) is 25.5 Å². The third-order valence-electron chi connectivity index (χ3n) is 5.29. The Morgan fingerprint density at radius 1 is 1.21 bits per heavy atom. The van der Waals surface area contributed by atoms with Gasteiger partial charge in [0.25, 0.3) is 0 Å². The van der Waals surface area contributed by atoms with Gasteiger partial charge >= 0.3 is 0 Å². The van der Waals surface area contributed by atoms with Crippen molar-refractivity contribution < 1.29 is 19.8 Å². The average Bonchev–Trinajstić information content (AvgIpc) is 2.49. The largest absolute Gasteiger partial charge is 0.507 e. The lowest BCUT2D eigenvalue weighted by atomic mass is 9.67. The second kappa shape index (κ2) is 7.06. The molecule has 0 heterocycles. The molecule has 0 radical (unpaired) electrons. The number of Topliss-reactive ketones (excluding diaryl/α,β-unsaturated/α-hetero) is 2. The summed E-state index contributed by atoms with van der Waals surface area (Å²) in [5.41, 5.74) is 2.34. The number of carbonyl (C=O) groups is 2. The first-order valence-corrected chi connectivity index (χ1v) is 8.71. The van der Waals surface area contributed by atoms with Crippen molar-refractivity contribution in [3.8, 4) is 0 Å². The van der Waals surface area contributed by atoms with Crippen LogP contribution in [-0.2, 0) is 9.59 Å². The van der Waals surface area contributed by atoms with Crippen molar-refractivity contribution in [3.63, 3.8) is 0 Å². The van der Waals surface area contributed by atoms with Crippen LogP contribution in [0.25, 0.3) is 0 Å². The Hall–Kier alpha value is -1.68. The van der Waals surface area contributed by atoms with Crippen LogP contribution in [0.15, 0.2) is 34.1 Å². The molecule has 4 nitrogen and oxygen atoms in total. The van der Waals surface area contributed by atoms with Crippen molar-refractivity contribution in [1.29, 1.82) is 0 Å². The third-order valence-corrected chi connectivity index (χ3v) is 5.29. The Bertz CT molecular complexity index is 647. The van der Waals surface area contributed by atoms with Gasteiger partial charge in [0.1, 0.15) is 5.76 Å². The van der Waals surface area contributed by atoms with Gasteiger partial charge in [-0.25, -0.2) is 0 Å². The fourth-order valence-electron chi connectivity index (χ4n) is 4.00. The minimum absolute atomic E-state index is 0.0107. The molecule has 0 spiro atoms. The SMILES string of the molecule is CC(C)=C[C@H](O)C[C@H](C)[C@H]1CC[C@H](C)C2=C1C(O)=C(C)C(=O)C2=O. The summed E-state index contributed by atoms with van der Waals surface area (Å²) in [6.45, 7) is 9.38. The molecule has 0 aliphatic heterocycles. The van der Waals surface area contributed by atoms with Gasteiger partial charge in [-0.2, -0.15) is 0 Å². The van der Waals surface area contributed by atoms with Crippen LogP contribution >= 0.6 is 0 Å². The first-order valence-electron chi connectivity index (χ1n) is 8.71.